The summed E-state index contributed by atoms with van der Waals surface area (Å²) in [4.78, 5) is 37.1. The maximum Gasteiger partial charge on any atom is 0.344 e. The number of hydrogen-bond donors (Lipinski definition) is 1. The first-order valence-electron chi connectivity index (χ1n) is 8.97. The molecule has 1 saturated heterocycles. The minimum atomic E-state index is -1.13. The molecule has 0 saturated carbocycles. The third-order valence-corrected chi connectivity index (χ3v) is 5.65. The summed E-state index contributed by atoms with van der Waals surface area (Å²) in [5, 5.41) is 8.57. The van der Waals surface area contributed by atoms with Gasteiger partial charge in [-0.2, -0.15) is 0 Å². The lowest BCUT2D eigenvalue weighted by molar-refractivity contribution is -0.144. The van der Waals surface area contributed by atoms with Crippen molar-refractivity contribution in [3.63, 3.8) is 0 Å². The molecule has 0 aromatic heterocycles. The molecule has 162 valence electrons. The number of carboxylic acid groups (broad SMARTS) is 1. The van der Waals surface area contributed by atoms with Gasteiger partial charge in [0.25, 0.3) is 11.1 Å². The van der Waals surface area contributed by atoms with Gasteiger partial charge in [0.05, 0.1) is 18.6 Å². The average Bonchev–Trinajstić information content (AvgIpc) is 2.98. The summed E-state index contributed by atoms with van der Waals surface area (Å²) in [6.45, 7) is 1.10. The second kappa shape index (κ2) is 9.40. The molecule has 1 atom stereocenters. The molecule has 1 unspecified atom stereocenters. The summed E-state index contributed by atoms with van der Waals surface area (Å²) in [6.07, 6.45) is 0.405. The average molecular weight is 466 g/mol. The Hall–Kier alpha value is -3.04. The van der Waals surface area contributed by atoms with Crippen LogP contribution in [-0.2, 0) is 16.1 Å². The fraction of sp³-hybridized carbons (Fsp3) is 0.190. The second-order valence-electron chi connectivity index (χ2n) is 6.48. The van der Waals surface area contributed by atoms with Gasteiger partial charge < -0.3 is 14.6 Å². The first-order valence-corrected chi connectivity index (χ1v) is 10.2. The summed E-state index contributed by atoms with van der Waals surface area (Å²) in [5.74, 6) is -1.83. The number of hydrogen-bond acceptors (Lipinski definition) is 6. The van der Waals surface area contributed by atoms with Gasteiger partial charge in [-0.3, -0.25) is 14.5 Å². The monoisotopic (exact) mass is 465 g/mol. The van der Waals surface area contributed by atoms with Crippen molar-refractivity contribution in [2.75, 3.05) is 7.11 Å². The molecule has 2 aromatic rings. The molecule has 2 aromatic carbocycles. The number of imide groups is 1. The Kier molecular flexibility index (Phi) is 6.87. The normalized spacial score (nSPS) is 16.0. The largest absolute Gasteiger partial charge is 0.493 e. The van der Waals surface area contributed by atoms with E-state index >= 15 is 0 Å². The van der Waals surface area contributed by atoms with Crippen LogP contribution in [0, 0.1) is 5.82 Å². The van der Waals surface area contributed by atoms with Crippen LogP contribution in [0.1, 0.15) is 18.1 Å². The Labute approximate surface area is 186 Å². The standard InChI is InChI=1S/C21H17ClFNO6S/c1-11(20(26)27)30-16-7-6-12(8-17(16)29-2)9-18-19(25)24(21(28)31-18)10-13-14(22)4-3-5-15(13)23/h3-9,11H,10H2,1-2H3,(H,26,27)/b18-9-. The SMILES string of the molecule is COc1cc(/C=C2\SC(=O)N(Cc3c(F)cccc3Cl)C2=O)ccc1OC(C)C(=O)O. The van der Waals surface area contributed by atoms with Gasteiger partial charge in [-0.25, -0.2) is 9.18 Å². The fourth-order valence-corrected chi connectivity index (χ4v) is 3.80. The second-order valence-corrected chi connectivity index (χ2v) is 7.88. The maximum atomic E-state index is 14.0. The number of amides is 2. The number of aliphatic carboxylic acids is 1. The van der Waals surface area contributed by atoms with Crippen LogP contribution in [0.4, 0.5) is 9.18 Å². The predicted molar refractivity (Wildman–Crippen MR) is 114 cm³/mol. The molecule has 0 radical (unpaired) electrons. The minimum absolute atomic E-state index is 0.0587. The molecule has 0 aliphatic carbocycles. The van der Waals surface area contributed by atoms with Gasteiger partial charge in [-0.15, -0.1) is 0 Å². The van der Waals surface area contributed by atoms with Gasteiger partial charge in [-0.1, -0.05) is 23.7 Å². The van der Waals surface area contributed by atoms with Crippen molar-refractivity contribution in [1.29, 1.82) is 0 Å². The van der Waals surface area contributed by atoms with Crippen LogP contribution >= 0.6 is 23.4 Å². The van der Waals surface area contributed by atoms with E-state index in [-0.39, 0.29) is 33.5 Å². The van der Waals surface area contributed by atoms with Crippen LogP contribution < -0.4 is 9.47 Å². The summed E-state index contributed by atoms with van der Waals surface area (Å²) in [7, 11) is 1.39. The number of rotatable bonds is 7. The highest BCUT2D eigenvalue weighted by atomic mass is 35.5. The van der Waals surface area contributed by atoms with E-state index in [9.17, 15) is 18.8 Å². The van der Waals surface area contributed by atoms with E-state index in [1.54, 1.807) is 12.1 Å². The fourth-order valence-electron chi connectivity index (χ4n) is 2.74. The van der Waals surface area contributed by atoms with E-state index in [0.29, 0.717) is 5.56 Å². The summed E-state index contributed by atoms with van der Waals surface area (Å²) >= 11 is 6.72. The molecule has 0 bridgehead atoms. The Morgan fingerprint density at radius 2 is 2.03 bits per heavy atom. The summed E-state index contributed by atoms with van der Waals surface area (Å²) in [5.41, 5.74) is 0.588. The van der Waals surface area contributed by atoms with Crippen molar-refractivity contribution in [1.82, 2.24) is 4.90 Å². The Morgan fingerprint density at radius 1 is 1.29 bits per heavy atom. The molecule has 1 N–H and O–H groups in total. The van der Waals surface area contributed by atoms with E-state index in [1.165, 1.54) is 44.4 Å². The number of methoxy groups -OCH3 is 1. The number of carbonyl (C=O) groups is 3. The van der Waals surface area contributed by atoms with Gasteiger partial charge >= 0.3 is 5.97 Å². The van der Waals surface area contributed by atoms with Crippen molar-refractivity contribution in [2.24, 2.45) is 0 Å². The van der Waals surface area contributed by atoms with Crippen LogP contribution in [0.3, 0.4) is 0 Å². The first kappa shape index (κ1) is 22.6. The Bertz CT molecular complexity index is 1070. The first-order chi connectivity index (χ1) is 14.7. The van der Waals surface area contributed by atoms with Gasteiger partial charge in [0.15, 0.2) is 17.6 Å². The van der Waals surface area contributed by atoms with Crippen molar-refractivity contribution in [3.8, 4) is 11.5 Å². The topological polar surface area (TPSA) is 93.1 Å². The lowest BCUT2D eigenvalue weighted by Crippen LogP contribution is -2.28. The van der Waals surface area contributed by atoms with Crippen molar-refractivity contribution < 1.29 is 33.4 Å². The Balaban J connectivity index is 1.83. The molecular weight excluding hydrogens is 449 g/mol. The number of halogens is 2. The van der Waals surface area contributed by atoms with E-state index in [1.807, 2.05) is 0 Å². The predicted octanol–water partition coefficient (Wildman–Crippen LogP) is 4.58. The van der Waals surface area contributed by atoms with Gasteiger partial charge in [0.2, 0.25) is 0 Å². The van der Waals surface area contributed by atoms with Crippen molar-refractivity contribution in [2.45, 2.75) is 19.6 Å². The number of carbonyl (C=O) groups excluding carboxylic acids is 2. The quantitative estimate of drug-likeness (QED) is 0.598. The zero-order valence-electron chi connectivity index (χ0n) is 16.4. The third kappa shape index (κ3) is 5.00. The summed E-state index contributed by atoms with van der Waals surface area (Å²) in [6, 6.07) is 8.77. The Morgan fingerprint density at radius 3 is 2.68 bits per heavy atom. The lowest BCUT2D eigenvalue weighted by Gasteiger charge is -2.14. The van der Waals surface area contributed by atoms with Crippen molar-refractivity contribution >= 4 is 46.6 Å². The number of thioether (sulfide) groups is 1. The lowest BCUT2D eigenvalue weighted by atomic mass is 10.1. The highest BCUT2D eigenvalue weighted by Crippen LogP contribution is 2.36. The molecule has 0 spiro atoms. The van der Waals surface area contributed by atoms with Crippen molar-refractivity contribution in [3.05, 3.63) is 63.3 Å². The zero-order valence-corrected chi connectivity index (χ0v) is 18.0. The molecule has 1 aliphatic heterocycles. The molecular formula is C21H17ClFNO6S. The highest BCUT2D eigenvalue weighted by Gasteiger charge is 2.36. The van der Waals surface area contributed by atoms with Crippen LogP contribution in [0.25, 0.3) is 6.08 Å². The number of ether oxygens (including phenoxy) is 2. The molecule has 2 amide bonds. The third-order valence-electron chi connectivity index (χ3n) is 4.39. The van der Waals surface area contributed by atoms with Crippen LogP contribution in [0.2, 0.25) is 5.02 Å². The molecule has 10 heteroatoms. The number of carboxylic acids is 1. The van der Waals surface area contributed by atoms with E-state index in [0.717, 1.165) is 16.7 Å². The number of nitrogens with zero attached hydrogens (tertiary/aromatic N) is 1. The maximum absolute atomic E-state index is 14.0. The van der Waals surface area contributed by atoms with E-state index in [2.05, 4.69) is 0 Å². The van der Waals surface area contributed by atoms with Crippen LogP contribution in [-0.4, -0.2) is 40.3 Å². The molecule has 1 fully saturated rings. The summed E-state index contributed by atoms with van der Waals surface area (Å²) < 4.78 is 24.6. The molecule has 3 rings (SSSR count). The van der Waals surface area contributed by atoms with Crippen LogP contribution in [0.5, 0.6) is 11.5 Å². The van der Waals surface area contributed by atoms with E-state index < -0.39 is 29.0 Å². The van der Waals surface area contributed by atoms with E-state index in [4.69, 9.17) is 26.2 Å². The van der Waals surface area contributed by atoms with Gasteiger partial charge in [-0.05, 0) is 54.6 Å². The molecule has 31 heavy (non-hydrogen) atoms. The molecule has 7 nitrogen and oxygen atoms in total. The van der Waals surface area contributed by atoms with Gasteiger partial charge in [0, 0.05) is 10.6 Å². The highest BCUT2D eigenvalue weighted by molar-refractivity contribution is 8.18. The zero-order chi connectivity index (χ0) is 22.7. The smallest absolute Gasteiger partial charge is 0.344 e. The molecule has 1 aliphatic rings. The van der Waals surface area contributed by atoms with Crippen LogP contribution in [0.15, 0.2) is 41.3 Å². The minimum Gasteiger partial charge on any atom is -0.493 e. The number of benzene rings is 2. The van der Waals surface area contributed by atoms with Gasteiger partial charge in [0.1, 0.15) is 5.82 Å². The molecule has 1 heterocycles.